The van der Waals surface area contributed by atoms with Gasteiger partial charge < -0.3 is 4.74 Å². The molecular weight excluding hydrogens is 236 g/mol. The Morgan fingerprint density at radius 1 is 0.833 bits per heavy atom. The Morgan fingerprint density at radius 3 is 2.00 bits per heavy atom. The SMILES string of the molecule is C[Si](C)(C)c1ccc(OCc2ccccc2)cc1. The van der Waals surface area contributed by atoms with Crippen molar-refractivity contribution in [3.8, 4) is 5.75 Å². The molecule has 0 atom stereocenters. The van der Waals surface area contributed by atoms with Gasteiger partial charge in [0.05, 0.1) is 8.07 Å². The van der Waals surface area contributed by atoms with E-state index >= 15 is 0 Å². The summed E-state index contributed by atoms with van der Waals surface area (Å²) in [7, 11) is -1.20. The molecule has 0 heterocycles. The molecule has 1 nitrogen and oxygen atoms in total. The Balaban J connectivity index is 1.99. The van der Waals surface area contributed by atoms with Crippen LogP contribution < -0.4 is 9.92 Å². The maximum atomic E-state index is 5.78. The van der Waals surface area contributed by atoms with Crippen LogP contribution in [0, 0.1) is 0 Å². The quantitative estimate of drug-likeness (QED) is 0.756. The zero-order valence-electron chi connectivity index (χ0n) is 11.3. The van der Waals surface area contributed by atoms with Crippen LogP contribution in [0.5, 0.6) is 5.75 Å². The van der Waals surface area contributed by atoms with Crippen molar-refractivity contribution in [2.75, 3.05) is 0 Å². The third kappa shape index (κ3) is 3.47. The maximum absolute atomic E-state index is 5.78. The third-order valence-corrected chi connectivity index (χ3v) is 5.03. The van der Waals surface area contributed by atoms with Crippen LogP contribution in [-0.2, 0) is 6.61 Å². The summed E-state index contributed by atoms with van der Waals surface area (Å²) < 4.78 is 5.78. The Morgan fingerprint density at radius 2 is 1.44 bits per heavy atom. The molecule has 2 heteroatoms. The fourth-order valence-electron chi connectivity index (χ4n) is 1.79. The van der Waals surface area contributed by atoms with Crippen LogP contribution in [-0.4, -0.2) is 8.07 Å². The van der Waals surface area contributed by atoms with Crippen molar-refractivity contribution in [1.82, 2.24) is 0 Å². The van der Waals surface area contributed by atoms with Crippen molar-refractivity contribution in [2.24, 2.45) is 0 Å². The Hall–Kier alpha value is -1.54. The third-order valence-electron chi connectivity index (χ3n) is 2.97. The molecule has 2 aromatic carbocycles. The number of benzene rings is 2. The van der Waals surface area contributed by atoms with Crippen molar-refractivity contribution in [1.29, 1.82) is 0 Å². The first-order chi connectivity index (χ1) is 8.55. The molecule has 2 rings (SSSR count). The molecule has 0 bridgehead atoms. The number of ether oxygens (including phenoxy) is 1. The van der Waals surface area contributed by atoms with E-state index in [1.165, 1.54) is 10.8 Å². The van der Waals surface area contributed by atoms with E-state index in [4.69, 9.17) is 4.74 Å². The first kappa shape index (κ1) is 12.9. The molecule has 18 heavy (non-hydrogen) atoms. The van der Waals surface area contributed by atoms with Crippen LogP contribution in [0.25, 0.3) is 0 Å². The van der Waals surface area contributed by atoms with Crippen molar-refractivity contribution in [3.05, 3.63) is 60.2 Å². The van der Waals surface area contributed by atoms with Gasteiger partial charge in [-0.25, -0.2) is 0 Å². The zero-order valence-corrected chi connectivity index (χ0v) is 12.3. The lowest BCUT2D eigenvalue weighted by atomic mass is 10.2. The van der Waals surface area contributed by atoms with Crippen LogP contribution in [0.1, 0.15) is 5.56 Å². The summed E-state index contributed by atoms with van der Waals surface area (Å²) in [5.41, 5.74) is 1.20. The molecule has 0 aliphatic carbocycles. The van der Waals surface area contributed by atoms with Gasteiger partial charge >= 0.3 is 0 Å². The van der Waals surface area contributed by atoms with Gasteiger partial charge in [-0.1, -0.05) is 67.3 Å². The lowest BCUT2D eigenvalue weighted by Gasteiger charge is -2.16. The van der Waals surface area contributed by atoms with E-state index in [9.17, 15) is 0 Å². The van der Waals surface area contributed by atoms with Crippen LogP contribution >= 0.6 is 0 Å². The summed E-state index contributed by atoms with van der Waals surface area (Å²) in [6.07, 6.45) is 0. The molecule has 94 valence electrons. The zero-order chi connectivity index (χ0) is 13.0. The highest BCUT2D eigenvalue weighted by Crippen LogP contribution is 2.13. The molecule has 0 unspecified atom stereocenters. The van der Waals surface area contributed by atoms with Crippen LogP contribution in [0.3, 0.4) is 0 Å². The second-order valence-electron chi connectivity index (χ2n) is 5.55. The highest BCUT2D eigenvalue weighted by molar-refractivity contribution is 6.88. The smallest absolute Gasteiger partial charge is 0.119 e. The average Bonchev–Trinajstić information content (AvgIpc) is 2.37. The van der Waals surface area contributed by atoms with E-state index in [0.29, 0.717) is 6.61 Å². The topological polar surface area (TPSA) is 9.23 Å². The molecule has 0 fully saturated rings. The normalized spacial score (nSPS) is 11.3. The maximum Gasteiger partial charge on any atom is 0.119 e. The van der Waals surface area contributed by atoms with Gasteiger partial charge in [0.1, 0.15) is 12.4 Å². The number of rotatable bonds is 4. The van der Waals surface area contributed by atoms with E-state index in [2.05, 4.69) is 56.0 Å². The highest BCUT2D eigenvalue weighted by atomic mass is 28.3. The van der Waals surface area contributed by atoms with E-state index in [1.54, 1.807) is 0 Å². The minimum atomic E-state index is -1.20. The fourth-order valence-corrected chi connectivity index (χ4v) is 2.96. The molecular formula is C16H20OSi. The van der Waals surface area contributed by atoms with Gasteiger partial charge in [0, 0.05) is 0 Å². The van der Waals surface area contributed by atoms with Crippen molar-refractivity contribution in [2.45, 2.75) is 26.2 Å². The van der Waals surface area contributed by atoms with Crippen LogP contribution in [0.4, 0.5) is 0 Å². The standard InChI is InChI=1S/C16H20OSi/c1-18(2,3)16-11-9-15(10-12-16)17-13-14-7-5-4-6-8-14/h4-12H,13H2,1-3H3. The molecule has 0 radical (unpaired) electrons. The highest BCUT2D eigenvalue weighted by Gasteiger charge is 2.15. The summed E-state index contributed by atoms with van der Waals surface area (Å²) in [6.45, 7) is 7.69. The van der Waals surface area contributed by atoms with E-state index in [0.717, 1.165) is 5.75 Å². The van der Waals surface area contributed by atoms with Gasteiger partial charge in [-0.3, -0.25) is 0 Å². The summed E-state index contributed by atoms with van der Waals surface area (Å²) >= 11 is 0. The molecule has 0 saturated heterocycles. The van der Waals surface area contributed by atoms with Gasteiger partial charge in [0.2, 0.25) is 0 Å². The van der Waals surface area contributed by atoms with Gasteiger partial charge in [0.25, 0.3) is 0 Å². The molecule has 0 spiro atoms. The Labute approximate surface area is 110 Å². The second kappa shape index (κ2) is 5.40. The second-order valence-corrected chi connectivity index (χ2v) is 10.6. The van der Waals surface area contributed by atoms with Crippen LogP contribution in [0.2, 0.25) is 19.6 Å². The molecule has 0 aliphatic rings. The van der Waals surface area contributed by atoms with E-state index < -0.39 is 8.07 Å². The average molecular weight is 256 g/mol. The number of hydrogen-bond donors (Lipinski definition) is 0. The lowest BCUT2D eigenvalue weighted by Crippen LogP contribution is -2.37. The molecule has 0 aliphatic heterocycles. The van der Waals surface area contributed by atoms with Gasteiger partial charge in [0.15, 0.2) is 0 Å². The van der Waals surface area contributed by atoms with Gasteiger partial charge in [-0.15, -0.1) is 0 Å². The lowest BCUT2D eigenvalue weighted by molar-refractivity contribution is 0.306. The Bertz CT molecular complexity index is 483. The van der Waals surface area contributed by atoms with Crippen molar-refractivity contribution >= 4 is 13.3 Å². The molecule has 2 aromatic rings. The minimum Gasteiger partial charge on any atom is -0.489 e. The monoisotopic (exact) mass is 256 g/mol. The van der Waals surface area contributed by atoms with E-state index in [1.807, 2.05) is 18.2 Å². The number of hydrogen-bond acceptors (Lipinski definition) is 1. The molecule has 0 N–H and O–H groups in total. The van der Waals surface area contributed by atoms with E-state index in [-0.39, 0.29) is 0 Å². The molecule has 0 aromatic heterocycles. The predicted octanol–water partition coefficient (Wildman–Crippen LogP) is 3.81. The molecule has 0 saturated carbocycles. The summed E-state index contributed by atoms with van der Waals surface area (Å²) in [6, 6.07) is 18.8. The first-order valence-corrected chi connectivity index (χ1v) is 9.83. The Kier molecular flexibility index (Phi) is 3.87. The largest absolute Gasteiger partial charge is 0.489 e. The van der Waals surface area contributed by atoms with Gasteiger partial charge in [-0.05, 0) is 17.7 Å². The van der Waals surface area contributed by atoms with Crippen molar-refractivity contribution in [3.63, 3.8) is 0 Å². The summed E-state index contributed by atoms with van der Waals surface area (Å²) in [5.74, 6) is 0.945. The predicted molar refractivity (Wildman–Crippen MR) is 80.2 cm³/mol. The summed E-state index contributed by atoms with van der Waals surface area (Å²) in [5, 5.41) is 1.47. The van der Waals surface area contributed by atoms with Crippen LogP contribution in [0.15, 0.2) is 54.6 Å². The summed E-state index contributed by atoms with van der Waals surface area (Å²) in [4.78, 5) is 0. The fraction of sp³-hybridized carbons (Fsp3) is 0.250. The molecule has 0 amide bonds. The van der Waals surface area contributed by atoms with Gasteiger partial charge in [-0.2, -0.15) is 0 Å². The first-order valence-electron chi connectivity index (χ1n) is 6.33. The minimum absolute atomic E-state index is 0.632. The van der Waals surface area contributed by atoms with Crippen molar-refractivity contribution < 1.29 is 4.74 Å².